The standard InChI is InChI=1S/C18H32N2O6.C18H30O6S2.C17H31NO5.C17H30O6.C17H30O5S.C13H22O6/c1-17(2,3)19-15(23)25-11-7-8-12(10-14(22)13(21)9-11)26-16(24)20-18(4,5)6;1-17(2,3)25-15(21)23-11-7-8-12(10-14(20)13(19)9-11)24-16(22)26-18(4,5)6;1-16(2,3)18-15(21)22-11-7-8-12(23-17(4,5)6)10-14(20)13(19)9-11;2*1-16(2,3)22-12-8-7-11(9-13(18)14(19)10-12)21-15(20)23-17(4,5)6;1-13(2,3)19-12(17)18-9-5-4-8(14)6-10(15)11(16)7-9/h7-8,11-14,21-22H,9-10H2,1-6H3,(H,19,23)(H,20,24);7-8,11-14,19-20H,9-10H2,1-6H3;7-8,11-14,19-20H,9-10H2,1-6H3,(H,18,21);2*7-8,11-14,18-19H,9-10H2,1-6H3;4-5,8-11,14-16H,6-7H2,1-3H3/b5*8-7+;5-4+. The molecular formula is C100H175N3O34S3. The molecule has 0 aromatic carbocycles. The number of nitrogens with one attached hydrogen (secondary N) is 3. The number of alkyl carbamates (subject to hydrolysis) is 3. The molecule has 0 aliphatic heterocycles. The van der Waals surface area contributed by atoms with Crippen molar-refractivity contribution < 1.29 is 166 Å². The monoisotopic (exact) mass is 2060 g/mol. The van der Waals surface area contributed by atoms with E-state index in [1.54, 1.807) is 102 Å². The van der Waals surface area contributed by atoms with E-state index in [2.05, 4.69) is 16.0 Å². The Labute approximate surface area is 843 Å². The molecule has 0 spiro atoms. The smallest absolute Gasteiger partial charge is 0.450 e. The molecule has 0 radical (unpaired) electrons. The summed E-state index contributed by atoms with van der Waals surface area (Å²) in [5.74, 6) is 0. The zero-order valence-electron chi connectivity index (χ0n) is 88.9. The van der Waals surface area contributed by atoms with Gasteiger partial charge in [-0.15, -0.1) is 0 Å². The Kier molecular flexibility index (Phi) is 54.7. The second kappa shape index (κ2) is 58.2. The van der Waals surface area contributed by atoms with Crippen LogP contribution in [0.3, 0.4) is 0 Å². The van der Waals surface area contributed by atoms with Gasteiger partial charge in [0.2, 0.25) is 0 Å². The Morgan fingerprint density at radius 1 is 0.214 bits per heavy atom. The molecule has 37 nitrogen and oxygen atoms in total. The molecule has 6 aliphatic carbocycles. The number of thioether (sulfide) groups is 3. The van der Waals surface area contributed by atoms with Crippen molar-refractivity contribution in [2.75, 3.05) is 0 Å². The second-order valence-electron chi connectivity index (χ2n) is 46.4. The number of carbonyl (C=O) groups excluding carboxylic acids is 8. The number of amides is 3. The molecule has 812 valence electrons. The van der Waals surface area contributed by atoms with Crippen LogP contribution in [0.2, 0.25) is 0 Å². The number of hydrogen-bond donors (Lipinski definition) is 16. The van der Waals surface area contributed by atoms with E-state index in [1.807, 2.05) is 187 Å². The van der Waals surface area contributed by atoms with Gasteiger partial charge in [-0.2, -0.15) is 0 Å². The van der Waals surface area contributed by atoms with Crippen LogP contribution in [0.5, 0.6) is 0 Å². The number of aliphatic hydroxyl groups is 13. The Morgan fingerprint density at radius 3 is 0.543 bits per heavy atom. The molecule has 24 atom stereocenters. The highest BCUT2D eigenvalue weighted by Gasteiger charge is 2.39. The molecule has 0 saturated heterocycles. The Bertz CT molecular complexity index is 3540. The summed E-state index contributed by atoms with van der Waals surface area (Å²) in [5, 5.41) is 136. The van der Waals surface area contributed by atoms with Crippen molar-refractivity contribution in [3.8, 4) is 0 Å². The third-order valence-electron chi connectivity index (χ3n) is 18.5. The molecule has 3 amide bonds. The molecule has 140 heavy (non-hydrogen) atoms. The fourth-order valence-corrected chi connectivity index (χ4v) is 14.9. The topological polar surface area (TPSA) is 556 Å². The van der Waals surface area contributed by atoms with Crippen LogP contribution in [-0.2, 0) is 61.6 Å². The zero-order chi connectivity index (χ0) is 108. The first-order valence-corrected chi connectivity index (χ1v) is 50.1. The van der Waals surface area contributed by atoms with E-state index in [0.717, 1.165) is 35.3 Å². The van der Waals surface area contributed by atoms with Gasteiger partial charge in [0.15, 0.2) is 0 Å². The van der Waals surface area contributed by atoms with Crippen molar-refractivity contribution in [2.24, 2.45) is 0 Å². The van der Waals surface area contributed by atoms with E-state index < -0.39 is 197 Å². The first kappa shape index (κ1) is 132. The van der Waals surface area contributed by atoms with Crippen LogP contribution in [0.25, 0.3) is 0 Å². The molecule has 0 saturated carbocycles. The number of carbonyl (C=O) groups is 8. The van der Waals surface area contributed by atoms with Crippen molar-refractivity contribution in [2.45, 2.75) is 511 Å². The van der Waals surface area contributed by atoms with Gasteiger partial charge in [-0.1, -0.05) is 86.6 Å². The highest BCUT2D eigenvalue weighted by molar-refractivity contribution is 8.14. The normalized spacial score (nSPS) is 30.5. The second-order valence-corrected chi connectivity index (χ2v) is 51.7. The largest absolute Gasteiger partial charge is 0.509 e. The molecule has 6 aliphatic rings. The van der Waals surface area contributed by atoms with Gasteiger partial charge in [0.25, 0.3) is 0 Å². The molecular weight excluding hydrogens is 1880 g/mol. The van der Waals surface area contributed by atoms with Gasteiger partial charge >= 0.3 is 46.5 Å². The maximum atomic E-state index is 12.0. The average molecular weight is 2060 g/mol. The minimum absolute atomic E-state index is 0.0517. The van der Waals surface area contributed by atoms with Crippen LogP contribution >= 0.6 is 35.3 Å². The summed E-state index contributed by atoms with van der Waals surface area (Å²) in [7, 11) is 0. The summed E-state index contributed by atoms with van der Waals surface area (Å²) >= 11 is 3.21. The van der Waals surface area contributed by atoms with E-state index in [0.29, 0.717) is 12.8 Å². The fourth-order valence-electron chi connectivity index (χ4n) is 12.9. The number of ether oxygens (including phenoxy) is 13. The van der Waals surface area contributed by atoms with E-state index in [1.165, 1.54) is 12.2 Å². The third-order valence-corrected chi connectivity index (χ3v) is 21.1. The van der Waals surface area contributed by atoms with Crippen molar-refractivity contribution in [3.63, 3.8) is 0 Å². The predicted molar refractivity (Wildman–Crippen MR) is 537 cm³/mol. The summed E-state index contributed by atoms with van der Waals surface area (Å²) in [6.45, 7) is 61.3. The lowest BCUT2D eigenvalue weighted by atomic mass is 9.96. The number of hydrogen-bond acceptors (Lipinski definition) is 37. The van der Waals surface area contributed by atoms with Crippen LogP contribution in [-0.4, -0.2) is 318 Å². The summed E-state index contributed by atoms with van der Waals surface area (Å²) in [5.41, 5.74) is -3.78. The van der Waals surface area contributed by atoms with E-state index in [9.17, 15) is 105 Å². The summed E-state index contributed by atoms with van der Waals surface area (Å²) < 4.78 is 69.2. The lowest BCUT2D eigenvalue weighted by molar-refractivity contribution is -0.0847. The Morgan fingerprint density at radius 2 is 0.371 bits per heavy atom. The maximum absolute atomic E-state index is 12.0. The molecule has 6 rings (SSSR count). The van der Waals surface area contributed by atoms with Crippen LogP contribution in [0.15, 0.2) is 72.9 Å². The minimum Gasteiger partial charge on any atom is -0.450 e. The first-order chi connectivity index (χ1) is 63.2. The molecule has 40 heteroatoms. The zero-order valence-corrected chi connectivity index (χ0v) is 91.3. The van der Waals surface area contributed by atoms with Crippen LogP contribution < -0.4 is 16.0 Å². The number of aliphatic hydroxyl groups excluding tert-OH is 13. The minimum atomic E-state index is -1.11. The maximum Gasteiger partial charge on any atom is 0.509 e. The summed E-state index contributed by atoms with van der Waals surface area (Å²) in [4.78, 5) is 95.0. The van der Waals surface area contributed by atoms with Gasteiger partial charge in [-0.3, -0.25) is 0 Å². The first-order valence-electron chi connectivity index (χ1n) is 47.7. The highest BCUT2D eigenvalue weighted by Crippen LogP contribution is 2.34. The quantitative estimate of drug-likeness (QED) is 0.0519. The predicted octanol–water partition coefficient (Wildman–Crippen LogP) is 14.7. The lowest BCUT2D eigenvalue weighted by Gasteiger charge is -2.31. The van der Waals surface area contributed by atoms with Crippen molar-refractivity contribution >= 4 is 81.8 Å². The van der Waals surface area contributed by atoms with Crippen LogP contribution in [0.1, 0.15) is 306 Å². The summed E-state index contributed by atoms with van der Waals surface area (Å²) in [6, 6.07) is 0. The van der Waals surface area contributed by atoms with Crippen molar-refractivity contribution in [1.82, 2.24) is 16.0 Å². The number of rotatable bonds is 11. The molecule has 16 N–H and O–H groups in total. The average Bonchev–Trinajstić information content (AvgIpc) is 0.878. The van der Waals surface area contributed by atoms with Crippen LogP contribution in [0, 0.1) is 0 Å². The molecule has 24 unspecified atom stereocenters. The fraction of sp³-hybridized carbons (Fsp3) is 0.800. The van der Waals surface area contributed by atoms with Gasteiger partial charge < -0.3 is 144 Å². The van der Waals surface area contributed by atoms with Crippen molar-refractivity contribution in [1.29, 1.82) is 0 Å². The van der Waals surface area contributed by atoms with Gasteiger partial charge in [-0.05, 0) is 250 Å². The van der Waals surface area contributed by atoms with Gasteiger partial charge in [0, 0.05) is 108 Å². The molecule has 0 aromatic rings. The van der Waals surface area contributed by atoms with Gasteiger partial charge in [0.1, 0.15) is 60.0 Å². The molecule has 0 bridgehead atoms. The molecule has 0 fully saturated rings. The lowest BCUT2D eigenvalue weighted by Crippen LogP contribution is -2.44. The van der Waals surface area contributed by atoms with Crippen LogP contribution in [0.4, 0.5) is 38.4 Å². The molecule has 0 heterocycles. The van der Waals surface area contributed by atoms with Crippen molar-refractivity contribution in [3.05, 3.63) is 72.9 Å². The van der Waals surface area contributed by atoms with E-state index in [4.69, 9.17) is 61.6 Å². The SMILES string of the molecule is CC(C)(C)NC(=O)OC1/C=C/C(OC(=O)NC(C)(C)C)CC(O)C(O)C1.CC(C)(C)NC(=O)OC1/C=C/C(OC(C)(C)C)CC(O)C(O)C1.CC(C)(C)OC(=O)OC1/C=C/C(O)CC(O)C(O)C1.CC(C)(C)OC(=O)OC1/C=C/C(OC(C)(C)C)CC(O)C(O)C1.CC(C)(C)OC1/C=C/C(OC(=O)SC(C)(C)C)CC(O)C(O)C1.CC(C)(C)SC(=O)OC1/C=C/C(OC(=O)SC(C)(C)C)CC(O)C(O)C1. The highest BCUT2D eigenvalue weighted by atomic mass is 32.2. The Balaban J connectivity index is 0.000000842. The summed E-state index contributed by atoms with van der Waals surface area (Å²) in [6.07, 6.45) is -1.62. The van der Waals surface area contributed by atoms with Gasteiger partial charge in [-0.25, -0.2) is 38.4 Å². The Hall–Kier alpha value is -6.39. The van der Waals surface area contributed by atoms with E-state index in [-0.39, 0.29) is 119 Å². The van der Waals surface area contributed by atoms with E-state index >= 15 is 0 Å². The molecule has 0 aromatic heterocycles. The third kappa shape index (κ3) is 67.3. The van der Waals surface area contributed by atoms with Gasteiger partial charge in [0.05, 0.1) is 114 Å².